The molecule has 0 spiro atoms. The van der Waals surface area contributed by atoms with Gasteiger partial charge < -0.3 is 0 Å². The van der Waals surface area contributed by atoms with Crippen molar-refractivity contribution in [3.63, 3.8) is 0 Å². The van der Waals surface area contributed by atoms with Crippen molar-refractivity contribution < 1.29 is 25.1 Å². The van der Waals surface area contributed by atoms with Crippen LogP contribution in [-0.4, -0.2) is 14.4 Å². The van der Waals surface area contributed by atoms with Crippen molar-refractivity contribution in [1.29, 1.82) is 0 Å². The minimum atomic E-state index is -0.471. The molecule has 0 aromatic rings. The van der Waals surface area contributed by atoms with Crippen LogP contribution in [0.1, 0.15) is 32.1 Å². The van der Waals surface area contributed by atoms with Gasteiger partial charge in [0, 0.05) is 0 Å². The van der Waals surface area contributed by atoms with E-state index in [1.165, 1.54) is 32.1 Å². The average Bonchev–Trinajstić information content (AvgIpc) is 2.88. The third-order valence-corrected chi connectivity index (χ3v) is 3.74. The van der Waals surface area contributed by atoms with Crippen molar-refractivity contribution in [2.24, 2.45) is 17.6 Å². The van der Waals surface area contributed by atoms with E-state index >= 15 is 0 Å². The van der Waals surface area contributed by atoms with Gasteiger partial charge in [0.05, 0.1) is 0 Å². The van der Waals surface area contributed by atoms with Crippen LogP contribution in [0, 0.1) is 11.8 Å². The Labute approximate surface area is 85.7 Å². The molecular formula is C9H19INO-. The van der Waals surface area contributed by atoms with E-state index in [0.717, 1.165) is 22.8 Å². The Morgan fingerprint density at radius 3 is 2.67 bits per heavy atom. The zero-order valence-corrected chi connectivity index (χ0v) is 9.66. The topological polar surface area (TPSA) is 46.2 Å². The summed E-state index contributed by atoms with van der Waals surface area (Å²) in [4.78, 5) is 0. The summed E-state index contributed by atoms with van der Waals surface area (Å²) in [6.07, 6.45) is 6.59. The van der Waals surface area contributed by atoms with E-state index in [4.69, 9.17) is 9.17 Å². The van der Waals surface area contributed by atoms with E-state index in [1.54, 1.807) is 0 Å². The fourth-order valence-corrected chi connectivity index (χ4v) is 2.83. The van der Waals surface area contributed by atoms with Crippen molar-refractivity contribution in [3.8, 4) is 0 Å². The molecule has 0 bridgehead atoms. The fraction of sp³-hybridized carbons (Fsp3) is 1.00. The molecule has 0 heterocycles. The summed E-state index contributed by atoms with van der Waals surface area (Å²) < 4.78 is 9.92. The average molecular weight is 284 g/mol. The molecule has 1 saturated carbocycles. The first-order valence-corrected chi connectivity index (χ1v) is 7.30. The summed E-state index contributed by atoms with van der Waals surface area (Å²) in [6.45, 7) is 0.831. The molecule has 3 heteroatoms. The molecule has 1 aliphatic carbocycles. The van der Waals surface area contributed by atoms with Gasteiger partial charge in [-0.1, -0.05) is 0 Å². The van der Waals surface area contributed by atoms with Crippen LogP contribution in [0.4, 0.5) is 0 Å². The quantitative estimate of drug-likeness (QED) is 0.425. The normalized spacial score (nSPS) is 19.8. The number of rotatable bonds is 7. The molecule has 0 saturated heterocycles. The van der Waals surface area contributed by atoms with Crippen LogP contribution in [0.2, 0.25) is 0 Å². The molecule has 2 nitrogen and oxygen atoms in total. The van der Waals surface area contributed by atoms with E-state index in [1.807, 2.05) is 0 Å². The molecule has 1 atom stereocenters. The molecule has 1 aliphatic rings. The van der Waals surface area contributed by atoms with Crippen molar-refractivity contribution in [1.82, 2.24) is 0 Å². The van der Waals surface area contributed by atoms with E-state index in [2.05, 4.69) is 0 Å². The number of nitrogens with two attached hydrogens (primary N) is 1. The number of alkyl halides is 1. The molecule has 0 amide bonds. The molecule has 0 aromatic carbocycles. The molecular weight excluding hydrogens is 265 g/mol. The second-order valence-electron chi connectivity index (χ2n) is 3.63. The standard InChI is InChI=1S/C9H19INO/c11-7-1-2-8(5-6-10-12)9-3-4-9/h8-9,12H,1-7,11H2/q-1/t8-/m1/s1. The second-order valence-corrected chi connectivity index (χ2v) is 5.39. The van der Waals surface area contributed by atoms with Crippen molar-refractivity contribution in [2.45, 2.75) is 32.1 Å². The Morgan fingerprint density at radius 1 is 1.42 bits per heavy atom. The van der Waals surface area contributed by atoms with E-state index < -0.39 is 21.6 Å². The Hall–Kier alpha value is 0.650. The summed E-state index contributed by atoms with van der Waals surface area (Å²) >= 11 is -0.471. The Bertz CT molecular complexity index is 109. The Morgan fingerprint density at radius 2 is 2.17 bits per heavy atom. The maximum absolute atomic E-state index is 8.83. The zero-order valence-electron chi connectivity index (χ0n) is 7.51. The van der Waals surface area contributed by atoms with Gasteiger partial charge in [-0.15, -0.1) is 0 Å². The zero-order chi connectivity index (χ0) is 8.81. The van der Waals surface area contributed by atoms with Gasteiger partial charge in [-0.05, 0) is 0 Å². The van der Waals surface area contributed by atoms with Crippen LogP contribution >= 0.6 is 0 Å². The SMILES string of the molecule is NCCC[C@H](CC[I-]O)C1CC1. The first kappa shape index (κ1) is 10.7. The maximum atomic E-state index is 8.83. The predicted octanol–water partition coefficient (Wildman–Crippen LogP) is -1.86. The van der Waals surface area contributed by atoms with Gasteiger partial charge in [-0.25, -0.2) is 0 Å². The first-order valence-electron chi connectivity index (χ1n) is 4.81. The van der Waals surface area contributed by atoms with Gasteiger partial charge >= 0.3 is 85.7 Å². The van der Waals surface area contributed by atoms with Gasteiger partial charge in [0.25, 0.3) is 0 Å². The van der Waals surface area contributed by atoms with Crippen LogP contribution in [0.3, 0.4) is 0 Å². The van der Waals surface area contributed by atoms with Gasteiger partial charge in [0.15, 0.2) is 0 Å². The van der Waals surface area contributed by atoms with Gasteiger partial charge in [0.2, 0.25) is 0 Å². The number of hydrogen-bond acceptors (Lipinski definition) is 2. The molecule has 74 valence electrons. The van der Waals surface area contributed by atoms with E-state index in [-0.39, 0.29) is 0 Å². The first-order chi connectivity index (χ1) is 5.88. The van der Waals surface area contributed by atoms with Crippen LogP contribution in [0.25, 0.3) is 0 Å². The third kappa shape index (κ3) is 4.05. The summed E-state index contributed by atoms with van der Waals surface area (Å²) in [6, 6.07) is 0. The Kier molecular flexibility index (Phi) is 5.50. The van der Waals surface area contributed by atoms with Crippen LogP contribution in [0.5, 0.6) is 0 Å². The molecule has 1 fully saturated rings. The third-order valence-electron chi connectivity index (χ3n) is 2.63. The molecule has 3 N–H and O–H groups in total. The summed E-state index contributed by atoms with van der Waals surface area (Å²) in [5.41, 5.74) is 5.48. The fourth-order valence-electron chi connectivity index (χ4n) is 1.75. The molecule has 0 aromatic heterocycles. The summed E-state index contributed by atoms with van der Waals surface area (Å²) in [7, 11) is 0. The second kappa shape index (κ2) is 6.16. The monoisotopic (exact) mass is 284 g/mol. The number of halogens is 1. The molecule has 0 radical (unpaired) electrons. The molecule has 12 heavy (non-hydrogen) atoms. The molecule has 0 aliphatic heterocycles. The summed E-state index contributed by atoms with van der Waals surface area (Å²) in [5.74, 6) is 1.88. The van der Waals surface area contributed by atoms with Gasteiger partial charge in [-0.3, -0.25) is 0 Å². The summed E-state index contributed by atoms with van der Waals surface area (Å²) in [5, 5.41) is 0. The Balaban J connectivity index is 2.09. The van der Waals surface area contributed by atoms with Gasteiger partial charge in [-0.2, -0.15) is 0 Å². The van der Waals surface area contributed by atoms with Crippen LogP contribution < -0.4 is 27.4 Å². The minimum absolute atomic E-state index is 0.471. The van der Waals surface area contributed by atoms with Crippen molar-refractivity contribution >= 4 is 0 Å². The molecule has 0 unspecified atom stereocenters. The number of hydrogen-bond donors (Lipinski definition) is 2. The van der Waals surface area contributed by atoms with Crippen LogP contribution in [0.15, 0.2) is 0 Å². The van der Waals surface area contributed by atoms with Crippen molar-refractivity contribution in [3.05, 3.63) is 0 Å². The van der Waals surface area contributed by atoms with E-state index in [0.29, 0.717) is 0 Å². The van der Waals surface area contributed by atoms with Gasteiger partial charge in [0.1, 0.15) is 0 Å². The molecule has 1 rings (SSSR count). The predicted molar refractivity (Wildman–Crippen MR) is 46.2 cm³/mol. The van der Waals surface area contributed by atoms with Crippen molar-refractivity contribution in [2.75, 3.05) is 11.0 Å². The van der Waals surface area contributed by atoms with E-state index in [9.17, 15) is 0 Å². The van der Waals surface area contributed by atoms with Crippen LogP contribution in [-0.2, 0) is 0 Å².